The number of nitrogens with one attached hydrogen (secondary N) is 1. The molecule has 10 heteroatoms. The number of aliphatic hydroxyl groups is 1. The normalized spacial score (nSPS) is 20.0. The minimum Gasteiger partial charge on any atom is -0.445 e. The van der Waals surface area contributed by atoms with E-state index in [1.165, 1.54) is 6.08 Å². The maximum atomic E-state index is 11.9. The average molecular weight is 601 g/mol. The van der Waals surface area contributed by atoms with Crippen molar-refractivity contribution in [3.05, 3.63) is 114 Å². The van der Waals surface area contributed by atoms with Crippen LogP contribution in [-0.2, 0) is 34.4 Å². The van der Waals surface area contributed by atoms with Gasteiger partial charge in [0, 0.05) is 30.8 Å². The Bertz CT molecular complexity index is 1530. The number of carbonyl (C=O) groups excluding carboxylic acids is 1. The van der Waals surface area contributed by atoms with E-state index in [9.17, 15) is 9.90 Å². The van der Waals surface area contributed by atoms with Crippen LogP contribution in [0.1, 0.15) is 41.6 Å². The summed E-state index contributed by atoms with van der Waals surface area (Å²) in [5, 5.41) is 21.3. The van der Waals surface area contributed by atoms with E-state index in [0.29, 0.717) is 12.3 Å². The predicted octanol–water partition coefficient (Wildman–Crippen LogP) is 5.97. The minimum atomic E-state index is -0.590. The molecule has 43 heavy (non-hydrogen) atoms. The zero-order valence-corrected chi connectivity index (χ0v) is 25.1. The average Bonchev–Trinajstić information content (AvgIpc) is 3.46. The molecule has 9 nitrogen and oxygen atoms in total. The highest BCUT2D eigenvalue weighted by molar-refractivity contribution is 7.99. The number of benzene rings is 3. The maximum Gasteiger partial charge on any atom is 0.407 e. The van der Waals surface area contributed by atoms with Crippen LogP contribution in [0.15, 0.2) is 96.9 Å². The number of carbonyl (C=O) groups is 1. The van der Waals surface area contributed by atoms with Crippen LogP contribution in [-0.4, -0.2) is 44.4 Å². The monoisotopic (exact) mass is 600 g/mol. The van der Waals surface area contributed by atoms with Gasteiger partial charge in [-0.2, -0.15) is 0 Å². The van der Waals surface area contributed by atoms with Gasteiger partial charge < -0.3 is 29.2 Å². The van der Waals surface area contributed by atoms with Gasteiger partial charge >= 0.3 is 6.09 Å². The number of ether oxygens (including phenoxy) is 3. The lowest BCUT2D eigenvalue weighted by Gasteiger charge is -2.41. The number of amides is 1. The summed E-state index contributed by atoms with van der Waals surface area (Å²) in [5.41, 5.74) is 5.77. The van der Waals surface area contributed by atoms with Gasteiger partial charge in [-0.3, -0.25) is 0 Å². The van der Waals surface area contributed by atoms with Crippen molar-refractivity contribution in [2.75, 3.05) is 12.4 Å². The number of hydrogen-bond donors (Lipinski definition) is 2. The first kappa shape index (κ1) is 30.5. The predicted molar refractivity (Wildman–Crippen MR) is 165 cm³/mol. The Morgan fingerprint density at radius 3 is 2.56 bits per heavy atom. The smallest absolute Gasteiger partial charge is 0.407 e. The molecule has 0 radical (unpaired) electrons. The van der Waals surface area contributed by atoms with Gasteiger partial charge in [-0.1, -0.05) is 92.0 Å². The Labute approximate surface area is 255 Å². The molecule has 1 aliphatic rings. The van der Waals surface area contributed by atoms with Crippen LogP contribution in [0, 0.1) is 5.92 Å². The van der Waals surface area contributed by atoms with Gasteiger partial charge in [-0.15, -0.1) is 10.2 Å². The van der Waals surface area contributed by atoms with E-state index in [4.69, 9.17) is 14.2 Å². The Kier molecular flexibility index (Phi) is 10.3. The molecule has 1 aromatic heterocycles. The molecule has 0 saturated carbocycles. The van der Waals surface area contributed by atoms with E-state index in [1.807, 2.05) is 78.3 Å². The Balaban J connectivity index is 1.37. The highest BCUT2D eigenvalue weighted by atomic mass is 32.2. The van der Waals surface area contributed by atoms with Crippen LogP contribution in [0.3, 0.4) is 0 Å². The van der Waals surface area contributed by atoms with Crippen LogP contribution >= 0.6 is 11.8 Å². The molecule has 5 rings (SSSR count). The largest absolute Gasteiger partial charge is 0.445 e. The van der Waals surface area contributed by atoms with Crippen LogP contribution in [0.25, 0.3) is 11.1 Å². The molecule has 1 saturated heterocycles. The first-order chi connectivity index (χ1) is 20.9. The number of aryl methyl sites for hydroxylation is 1. The van der Waals surface area contributed by atoms with Crippen molar-refractivity contribution in [3.63, 3.8) is 0 Å². The van der Waals surface area contributed by atoms with Gasteiger partial charge in [0.05, 0.1) is 18.8 Å². The van der Waals surface area contributed by atoms with Crippen LogP contribution in [0.4, 0.5) is 4.79 Å². The second-order valence-electron chi connectivity index (χ2n) is 10.4. The Morgan fingerprint density at radius 1 is 1.07 bits per heavy atom. The highest BCUT2D eigenvalue weighted by Crippen LogP contribution is 2.43. The molecule has 3 aromatic carbocycles. The van der Waals surface area contributed by atoms with Crippen LogP contribution < -0.4 is 5.32 Å². The lowest BCUT2D eigenvalue weighted by atomic mass is 9.91. The summed E-state index contributed by atoms with van der Waals surface area (Å²) < 4.78 is 20.2. The molecule has 2 heterocycles. The SMILES string of the molecule is C=CCOC(=O)NCc1cccc(-c2cccc(C3OC(CSc4nncn4C)C(C)C(c4ccc(CO)cc4)O3)c2)c1. The van der Waals surface area contributed by atoms with E-state index >= 15 is 0 Å². The van der Waals surface area contributed by atoms with E-state index < -0.39 is 12.4 Å². The molecule has 1 amide bonds. The molecular formula is C33H36N4O5S. The summed E-state index contributed by atoms with van der Waals surface area (Å²) in [7, 11) is 1.93. The third-order valence-electron chi connectivity index (χ3n) is 7.36. The lowest BCUT2D eigenvalue weighted by molar-refractivity contribution is -0.268. The van der Waals surface area contributed by atoms with Crippen molar-refractivity contribution in [1.29, 1.82) is 0 Å². The topological polar surface area (TPSA) is 108 Å². The minimum absolute atomic E-state index is 0.00644. The summed E-state index contributed by atoms with van der Waals surface area (Å²) in [6.45, 7) is 6.20. The first-order valence-corrected chi connectivity index (χ1v) is 15.1. The number of rotatable bonds is 11. The van der Waals surface area contributed by atoms with Gasteiger partial charge in [0.15, 0.2) is 11.4 Å². The van der Waals surface area contributed by atoms with Gasteiger partial charge in [0.1, 0.15) is 12.9 Å². The van der Waals surface area contributed by atoms with Crippen LogP contribution in [0.2, 0.25) is 0 Å². The summed E-state index contributed by atoms with van der Waals surface area (Å²) in [6, 6.07) is 24.1. The molecule has 0 spiro atoms. The van der Waals surface area contributed by atoms with E-state index in [0.717, 1.165) is 38.5 Å². The fourth-order valence-electron chi connectivity index (χ4n) is 4.96. The fourth-order valence-corrected chi connectivity index (χ4v) is 6.01. The van der Waals surface area contributed by atoms with Crippen molar-refractivity contribution in [2.24, 2.45) is 13.0 Å². The number of aromatic nitrogens is 3. The van der Waals surface area contributed by atoms with E-state index in [-0.39, 0.29) is 31.3 Å². The number of alkyl carbamates (subject to hydrolysis) is 1. The lowest BCUT2D eigenvalue weighted by Crippen LogP contribution is -2.38. The third-order valence-corrected chi connectivity index (χ3v) is 8.48. The van der Waals surface area contributed by atoms with Crippen molar-refractivity contribution in [1.82, 2.24) is 20.1 Å². The maximum absolute atomic E-state index is 11.9. The highest BCUT2D eigenvalue weighted by Gasteiger charge is 2.38. The second kappa shape index (κ2) is 14.5. The van der Waals surface area contributed by atoms with Crippen molar-refractivity contribution < 1.29 is 24.1 Å². The number of thioether (sulfide) groups is 1. The quantitative estimate of drug-likeness (QED) is 0.160. The number of aliphatic hydroxyl groups excluding tert-OH is 1. The summed E-state index contributed by atoms with van der Waals surface area (Å²) in [6.07, 6.45) is 1.81. The first-order valence-electron chi connectivity index (χ1n) is 14.1. The molecule has 1 fully saturated rings. The fraction of sp³-hybridized carbons (Fsp3) is 0.303. The molecule has 224 valence electrons. The second-order valence-corrected chi connectivity index (χ2v) is 11.4. The Morgan fingerprint density at radius 2 is 1.84 bits per heavy atom. The van der Waals surface area contributed by atoms with Crippen molar-refractivity contribution in [2.45, 2.75) is 43.7 Å². The van der Waals surface area contributed by atoms with E-state index in [2.05, 4.69) is 35.1 Å². The Hall–Kier alpha value is -3.96. The molecule has 4 unspecified atom stereocenters. The standard InChI is InChI=1S/C33H36N4O5S/c1-4-15-40-33(39)34-18-24-7-5-8-26(16-24)27-9-6-10-28(17-27)31-41-29(20-43-32-36-35-21-37(32)3)22(2)30(42-31)25-13-11-23(19-38)12-14-25/h4-14,16-17,21-22,29-31,38H,1,15,18-20H2,2-3H3,(H,34,39). The molecule has 0 bridgehead atoms. The van der Waals surface area contributed by atoms with Crippen molar-refractivity contribution >= 4 is 17.9 Å². The molecule has 4 atom stereocenters. The van der Waals surface area contributed by atoms with Crippen LogP contribution in [0.5, 0.6) is 0 Å². The van der Waals surface area contributed by atoms with Gasteiger partial charge in [-0.05, 0) is 39.9 Å². The zero-order chi connectivity index (χ0) is 30.2. The van der Waals surface area contributed by atoms with Gasteiger partial charge in [0.25, 0.3) is 0 Å². The molecule has 0 aliphatic carbocycles. The summed E-state index contributed by atoms with van der Waals surface area (Å²) >= 11 is 1.61. The molecule has 2 N–H and O–H groups in total. The summed E-state index contributed by atoms with van der Waals surface area (Å²) in [5.74, 6) is 0.741. The van der Waals surface area contributed by atoms with Gasteiger partial charge in [-0.25, -0.2) is 4.79 Å². The zero-order valence-electron chi connectivity index (χ0n) is 24.3. The van der Waals surface area contributed by atoms with E-state index in [1.54, 1.807) is 18.1 Å². The molecule has 4 aromatic rings. The molecule has 1 aliphatic heterocycles. The molecular weight excluding hydrogens is 564 g/mol. The number of hydrogen-bond acceptors (Lipinski definition) is 8. The number of nitrogens with zero attached hydrogens (tertiary/aromatic N) is 3. The van der Waals surface area contributed by atoms with Crippen molar-refractivity contribution in [3.8, 4) is 11.1 Å². The third kappa shape index (κ3) is 7.71. The summed E-state index contributed by atoms with van der Waals surface area (Å²) in [4.78, 5) is 11.9. The van der Waals surface area contributed by atoms with Gasteiger partial charge in [0.2, 0.25) is 0 Å².